The Balaban J connectivity index is 1.76. The summed E-state index contributed by atoms with van der Waals surface area (Å²) in [6.45, 7) is 1.68. The highest BCUT2D eigenvalue weighted by molar-refractivity contribution is 7.98. The lowest BCUT2D eigenvalue weighted by Crippen LogP contribution is -2.21. The van der Waals surface area contributed by atoms with Crippen molar-refractivity contribution in [3.63, 3.8) is 0 Å². The van der Waals surface area contributed by atoms with E-state index in [4.69, 9.17) is 9.15 Å². The van der Waals surface area contributed by atoms with E-state index in [0.29, 0.717) is 44.6 Å². The Kier molecular flexibility index (Phi) is 5.41. The standard InChI is InChI=1S/C22H17FN2O4S/c1-13-18(21(27)28-2)11-16(29-13)12-30-22-24-19-6-4-3-5-17(19)20(26)25(22)15-9-7-14(23)8-10-15/h3-11H,12H2,1-2H3. The Hall–Kier alpha value is -3.39. The molecule has 0 N–H and O–H groups in total. The third-order valence-electron chi connectivity index (χ3n) is 4.55. The Bertz CT molecular complexity index is 1290. The second kappa shape index (κ2) is 8.16. The van der Waals surface area contributed by atoms with Crippen molar-refractivity contribution in [2.45, 2.75) is 17.8 Å². The number of esters is 1. The highest BCUT2D eigenvalue weighted by Gasteiger charge is 2.18. The number of rotatable bonds is 5. The number of furan rings is 1. The van der Waals surface area contributed by atoms with Crippen LogP contribution in [0.3, 0.4) is 0 Å². The van der Waals surface area contributed by atoms with E-state index in [1.54, 1.807) is 31.2 Å². The molecule has 0 atom stereocenters. The molecule has 2 aromatic heterocycles. The first-order chi connectivity index (χ1) is 14.5. The molecular weight excluding hydrogens is 407 g/mol. The van der Waals surface area contributed by atoms with Crippen LogP contribution in [-0.4, -0.2) is 22.6 Å². The van der Waals surface area contributed by atoms with E-state index in [2.05, 4.69) is 4.98 Å². The zero-order valence-corrected chi connectivity index (χ0v) is 17.0. The van der Waals surface area contributed by atoms with E-state index in [0.717, 1.165) is 0 Å². The average Bonchev–Trinajstić information content (AvgIpc) is 3.13. The summed E-state index contributed by atoms with van der Waals surface area (Å²) in [5.74, 6) is 0.477. The molecule has 0 spiro atoms. The molecule has 0 bridgehead atoms. The fourth-order valence-electron chi connectivity index (χ4n) is 3.09. The van der Waals surface area contributed by atoms with Gasteiger partial charge in [-0.2, -0.15) is 0 Å². The summed E-state index contributed by atoms with van der Waals surface area (Å²) in [5.41, 5.74) is 1.18. The predicted octanol–water partition coefficient (Wildman–Crippen LogP) is 4.51. The molecule has 0 unspecified atom stereocenters. The monoisotopic (exact) mass is 424 g/mol. The van der Waals surface area contributed by atoms with Crippen molar-refractivity contribution in [1.29, 1.82) is 0 Å². The molecule has 0 saturated heterocycles. The lowest BCUT2D eigenvalue weighted by molar-refractivity contribution is 0.0599. The second-order valence-corrected chi connectivity index (χ2v) is 7.43. The number of aromatic nitrogens is 2. The Morgan fingerprint density at radius 3 is 2.67 bits per heavy atom. The number of hydrogen-bond acceptors (Lipinski definition) is 6. The van der Waals surface area contributed by atoms with E-state index in [1.807, 2.05) is 6.07 Å². The van der Waals surface area contributed by atoms with Gasteiger partial charge >= 0.3 is 5.97 Å². The summed E-state index contributed by atoms with van der Waals surface area (Å²) in [7, 11) is 1.31. The van der Waals surface area contributed by atoms with Gasteiger partial charge in [0, 0.05) is 0 Å². The molecule has 8 heteroatoms. The maximum atomic E-state index is 13.4. The molecule has 4 aromatic rings. The topological polar surface area (TPSA) is 74.3 Å². The number of thioether (sulfide) groups is 1. The number of methoxy groups -OCH3 is 1. The molecule has 0 fully saturated rings. The van der Waals surface area contributed by atoms with Crippen LogP contribution in [0.5, 0.6) is 0 Å². The molecule has 0 radical (unpaired) electrons. The smallest absolute Gasteiger partial charge is 0.341 e. The van der Waals surface area contributed by atoms with Gasteiger partial charge in [0.15, 0.2) is 5.16 Å². The number of aryl methyl sites for hydroxylation is 1. The first kappa shape index (κ1) is 19.9. The normalized spacial score (nSPS) is 11.0. The lowest BCUT2D eigenvalue weighted by Gasteiger charge is -2.12. The van der Waals surface area contributed by atoms with Crippen LogP contribution in [0.4, 0.5) is 4.39 Å². The molecular formula is C22H17FN2O4S. The molecule has 152 valence electrons. The number of para-hydroxylation sites is 1. The zero-order valence-electron chi connectivity index (χ0n) is 16.2. The fourth-order valence-corrected chi connectivity index (χ4v) is 3.98. The van der Waals surface area contributed by atoms with E-state index >= 15 is 0 Å². The van der Waals surface area contributed by atoms with Crippen LogP contribution in [-0.2, 0) is 10.5 Å². The van der Waals surface area contributed by atoms with Gasteiger partial charge in [-0.05, 0) is 49.4 Å². The Morgan fingerprint density at radius 2 is 1.93 bits per heavy atom. The van der Waals surface area contributed by atoms with Crippen molar-refractivity contribution in [3.8, 4) is 5.69 Å². The van der Waals surface area contributed by atoms with Crippen LogP contribution in [0.15, 0.2) is 69.0 Å². The third-order valence-corrected chi connectivity index (χ3v) is 5.51. The fraction of sp³-hybridized carbons (Fsp3) is 0.136. The summed E-state index contributed by atoms with van der Waals surface area (Å²) in [4.78, 5) is 29.6. The zero-order chi connectivity index (χ0) is 21.3. The van der Waals surface area contributed by atoms with E-state index in [9.17, 15) is 14.0 Å². The number of fused-ring (bicyclic) bond motifs is 1. The van der Waals surface area contributed by atoms with Gasteiger partial charge in [0.25, 0.3) is 5.56 Å². The van der Waals surface area contributed by atoms with Gasteiger partial charge in [0.1, 0.15) is 22.9 Å². The van der Waals surface area contributed by atoms with E-state index in [1.165, 1.54) is 47.7 Å². The minimum absolute atomic E-state index is 0.249. The van der Waals surface area contributed by atoms with Crippen molar-refractivity contribution in [3.05, 3.63) is 87.9 Å². The maximum Gasteiger partial charge on any atom is 0.341 e. The minimum Gasteiger partial charge on any atom is -0.465 e. The number of carbonyl (C=O) groups excluding carboxylic acids is 1. The summed E-state index contributed by atoms with van der Waals surface area (Å²) in [6, 6.07) is 14.3. The summed E-state index contributed by atoms with van der Waals surface area (Å²) < 4.78 is 25.3. The van der Waals surface area contributed by atoms with Crippen molar-refractivity contribution in [1.82, 2.24) is 9.55 Å². The van der Waals surface area contributed by atoms with Crippen molar-refractivity contribution in [2.24, 2.45) is 0 Å². The highest BCUT2D eigenvalue weighted by Crippen LogP contribution is 2.27. The number of benzene rings is 2. The first-order valence-corrected chi connectivity index (χ1v) is 10.0. The molecule has 0 amide bonds. The van der Waals surface area contributed by atoms with Crippen LogP contribution in [0, 0.1) is 12.7 Å². The highest BCUT2D eigenvalue weighted by atomic mass is 32.2. The van der Waals surface area contributed by atoms with Crippen molar-refractivity contribution < 1.29 is 18.3 Å². The summed E-state index contributed by atoms with van der Waals surface area (Å²) in [6.07, 6.45) is 0. The molecule has 4 rings (SSSR count). The molecule has 2 heterocycles. The number of carbonyl (C=O) groups is 1. The Morgan fingerprint density at radius 1 is 1.20 bits per heavy atom. The van der Waals surface area contributed by atoms with Gasteiger partial charge in [-0.15, -0.1) is 0 Å². The number of hydrogen-bond donors (Lipinski definition) is 0. The third kappa shape index (κ3) is 3.73. The van der Waals surface area contributed by atoms with Crippen LogP contribution in [0.25, 0.3) is 16.6 Å². The quantitative estimate of drug-likeness (QED) is 0.267. The summed E-state index contributed by atoms with van der Waals surface area (Å²) in [5, 5.41) is 0.895. The molecule has 2 aromatic carbocycles. The molecule has 0 aliphatic carbocycles. The van der Waals surface area contributed by atoms with Crippen LogP contribution in [0.2, 0.25) is 0 Å². The number of halogens is 1. The van der Waals surface area contributed by atoms with Crippen LogP contribution >= 0.6 is 11.8 Å². The second-order valence-electron chi connectivity index (χ2n) is 6.49. The lowest BCUT2D eigenvalue weighted by atomic mass is 10.2. The minimum atomic E-state index is -0.473. The first-order valence-electron chi connectivity index (χ1n) is 9.06. The van der Waals surface area contributed by atoms with Gasteiger partial charge in [-0.25, -0.2) is 14.2 Å². The van der Waals surface area contributed by atoms with E-state index in [-0.39, 0.29) is 5.56 Å². The molecule has 0 saturated carbocycles. The molecule has 6 nitrogen and oxygen atoms in total. The Labute approximate surface area is 175 Å². The predicted molar refractivity (Wildman–Crippen MR) is 112 cm³/mol. The van der Waals surface area contributed by atoms with Gasteiger partial charge in [0.05, 0.1) is 29.5 Å². The average molecular weight is 424 g/mol. The SMILES string of the molecule is COC(=O)c1cc(CSc2nc3ccccc3c(=O)n2-c2ccc(F)cc2)oc1C. The van der Waals surface area contributed by atoms with Crippen molar-refractivity contribution >= 4 is 28.6 Å². The molecule has 0 aliphatic heterocycles. The van der Waals surface area contributed by atoms with Crippen molar-refractivity contribution in [2.75, 3.05) is 7.11 Å². The van der Waals surface area contributed by atoms with Gasteiger partial charge in [-0.1, -0.05) is 23.9 Å². The van der Waals surface area contributed by atoms with Crippen LogP contribution in [0.1, 0.15) is 21.9 Å². The van der Waals surface area contributed by atoms with Gasteiger partial charge in [-0.3, -0.25) is 9.36 Å². The largest absolute Gasteiger partial charge is 0.465 e. The maximum absolute atomic E-state index is 13.4. The van der Waals surface area contributed by atoms with Gasteiger partial charge < -0.3 is 9.15 Å². The summed E-state index contributed by atoms with van der Waals surface area (Å²) >= 11 is 1.28. The van der Waals surface area contributed by atoms with Gasteiger partial charge in [0.2, 0.25) is 0 Å². The van der Waals surface area contributed by atoms with Crippen LogP contribution < -0.4 is 5.56 Å². The molecule has 30 heavy (non-hydrogen) atoms. The number of nitrogens with zero attached hydrogens (tertiary/aromatic N) is 2. The van der Waals surface area contributed by atoms with E-state index < -0.39 is 11.8 Å². The molecule has 0 aliphatic rings. The number of ether oxygens (including phenoxy) is 1.